The minimum absolute atomic E-state index is 0.0447. The summed E-state index contributed by atoms with van der Waals surface area (Å²) in [6.07, 6.45) is 5.22. The molecule has 0 bridgehead atoms. The average Bonchev–Trinajstić information content (AvgIpc) is 2.26. The molecule has 0 saturated carbocycles. The number of nitrogens with two attached hydrogens (primary N) is 1. The fourth-order valence-corrected chi connectivity index (χ4v) is 1.08. The van der Waals surface area contributed by atoms with E-state index in [0.717, 1.165) is 0 Å². The lowest BCUT2D eigenvalue weighted by atomic mass is 10.2. The van der Waals surface area contributed by atoms with Gasteiger partial charge in [-0.25, -0.2) is 4.79 Å². The van der Waals surface area contributed by atoms with E-state index in [2.05, 4.69) is 11.2 Å². The van der Waals surface area contributed by atoms with Crippen molar-refractivity contribution in [2.75, 3.05) is 11.9 Å². The Morgan fingerprint density at radius 3 is 2.81 bits per heavy atom. The van der Waals surface area contributed by atoms with Gasteiger partial charge in [-0.2, -0.15) is 0 Å². The number of urea groups is 1. The van der Waals surface area contributed by atoms with Crippen molar-refractivity contribution < 1.29 is 9.59 Å². The second-order valence-electron chi connectivity index (χ2n) is 2.99. The van der Waals surface area contributed by atoms with E-state index in [1.54, 1.807) is 24.3 Å². The molecule has 0 saturated heterocycles. The van der Waals surface area contributed by atoms with Crippen LogP contribution >= 0.6 is 0 Å². The highest BCUT2D eigenvalue weighted by molar-refractivity contribution is 5.95. The number of rotatable bonds is 3. The van der Waals surface area contributed by atoms with Gasteiger partial charge in [0, 0.05) is 11.3 Å². The number of benzene rings is 1. The fraction of sp³-hybridized carbons (Fsp3) is 0.0909. The molecule has 0 atom stereocenters. The Morgan fingerprint density at radius 1 is 1.44 bits per heavy atom. The molecule has 4 N–H and O–H groups in total. The molecule has 1 rings (SSSR count). The first kappa shape index (κ1) is 11.6. The molecule has 5 heteroatoms. The van der Waals surface area contributed by atoms with Crippen LogP contribution in [0.25, 0.3) is 0 Å². The SMILES string of the molecule is C#Cc1cccc(NCC(=O)NC(N)=O)c1. The van der Waals surface area contributed by atoms with E-state index in [-0.39, 0.29) is 6.54 Å². The smallest absolute Gasteiger partial charge is 0.318 e. The summed E-state index contributed by atoms with van der Waals surface area (Å²) in [6.45, 7) is -0.0447. The zero-order chi connectivity index (χ0) is 12.0. The molecule has 5 nitrogen and oxygen atoms in total. The zero-order valence-corrected chi connectivity index (χ0v) is 8.49. The van der Waals surface area contributed by atoms with Crippen molar-refractivity contribution in [2.24, 2.45) is 5.73 Å². The summed E-state index contributed by atoms with van der Waals surface area (Å²) in [5.74, 6) is 1.97. The van der Waals surface area contributed by atoms with E-state index < -0.39 is 11.9 Å². The number of imide groups is 1. The third-order valence-electron chi connectivity index (χ3n) is 1.74. The molecule has 0 aliphatic rings. The summed E-state index contributed by atoms with van der Waals surface area (Å²) >= 11 is 0. The molecule has 0 heterocycles. The normalized spacial score (nSPS) is 8.94. The quantitative estimate of drug-likeness (QED) is 0.635. The van der Waals surface area contributed by atoms with E-state index >= 15 is 0 Å². The predicted octanol–water partition coefficient (Wildman–Crippen LogP) is 0.275. The first-order chi connectivity index (χ1) is 7.61. The summed E-state index contributed by atoms with van der Waals surface area (Å²) in [4.78, 5) is 21.4. The Kier molecular flexibility index (Phi) is 3.92. The van der Waals surface area contributed by atoms with Crippen LogP contribution in [-0.4, -0.2) is 18.5 Å². The van der Waals surface area contributed by atoms with Gasteiger partial charge in [0.1, 0.15) is 0 Å². The van der Waals surface area contributed by atoms with Gasteiger partial charge in [-0.1, -0.05) is 12.0 Å². The number of carbonyl (C=O) groups excluding carboxylic acids is 2. The molecular formula is C11H11N3O2. The molecule has 0 radical (unpaired) electrons. The van der Waals surface area contributed by atoms with Crippen LogP contribution in [-0.2, 0) is 4.79 Å². The van der Waals surface area contributed by atoms with Crippen molar-refractivity contribution in [2.45, 2.75) is 0 Å². The van der Waals surface area contributed by atoms with Gasteiger partial charge in [0.15, 0.2) is 0 Å². The Bertz CT molecular complexity index is 449. The Morgan fingerprint density at radius 2 is 2.19 bits per heavy atom. The van der Waals surface area contributed by atoms with E-state index in [1.807, 2.05) is 5.32 Å². The van der Waals surface area contributed by atoms with Gasteiger partial charge in [-0.15, -0.1) is 6.42 Å². The lowest BCUT2D eigenvalue weighted by molar-refractivity contribution is -0.118. The third kappa shape index (κ3) is 3.72. The van der Waals surface area contributed by atoms with Gasteiger partial charge < -0.3 is 11.1 Å². The number of carbonyl (C=O) groups is 2. The Hall–Kier alpha value is -2.48. The molecule has 1 aromatic rings. The number of anilines is 1. The lowest BCUT2D eigenvalue weighted by Crippen LogP contribution is -2.38. The second-order valence-corrected chi connectivity index (χ2v) is 2.99. The fourth-order valence-electron chi connectivity index (χ4n) is 1.08. The van der Waals surface area contributed by atoms with Gasteiger partial charge >= 0.3 is 6.03 Å². The number of amides is 3. The number of primary amides is 1. The molecule has 0 aliphatic heterocycles. The number of hydrogen-bond acceptors (Lipinski definition) is 3. The van der Waals surface area contributed by atoms with Crippen LogP contribution in [0.1, 0.15) is 5.56 Å². The standard InChI is InChI=1S/C11H11N3O2/c1-2-8-4-3-5-9(6-8)13-7-10(15)14-11(12)16/h1,3-6,13H,7H2,(H3,12,14,15,16). The summed E-state index contributed by atoms with van der Waals surface area (Å²) in [6, 6.07) is 6.15. The maximum atomic E-state index is 11.1. The van der Waals surface area contributed by atoms with E-state index in [9.17, 15) is 9.59 Å². The van der Waals surface area contributed by atoms with Crippen molar-refractivity contribution in [1.29, 1.82) is 0 Å². The van der Waals surface area contributed by atoms with Crippen molar-refractivity contribution in [3.63, 3.8) is 0 Å². The van der Waals surface area contributed by atoms with Gasteiger partial charge in [0.05, 0.1) is 6.54 Å². The van der Waals surface area contributed by atoms with Crippen LogP contribution in [0.2, 0.25) is 0 Å². The van der Waals surface area contributed by atoms with Crippen molar-refractivity contribution in [3.05, 3.63) is 29.8 Å². The summed E-state index contributed by atoms with van der Waals surface area (Å²) in [5, 5.41) is 4.75. The highest BCUT2D eigenvalue weighted by Crippen LogP contribution is 2.08. The maximum Gasteiger partial charge on any atom is 0.318 e. The van der Waals surface area contributed by atoms with Gasteiger partial charge in [0.25, 0.3) is 0 Å². The molecule has 0 aliphatic carbocycles. The monoisotopic (exact) mass is 217 g/mol. The van der Waals surface area contributed by atoms with E-state index in [4.69, 9.17) is 12.2 Å². The zero-order valence-electron chi connectivity index (χ0n) is 8.49. The minimum Gasteiger partial charge on any atom is -0.376 e. The van der Waals surface area contributed by atoms with Crippen LogP contribution in [0.15, 0.2) is 24.3 Å². The van der Waals surface area contributed by atoms with Gasteiger partial charge in [-0.3, -0.25) is 10.1 Å². The Labute approximate surface area is 93.0 Å². The molecule has 0 unspecified atom stereocenters. The molecular weight excluding hydrogens is 206 g/mol. The first-order valence-corrected chi connectivity index (χ1v) is 4.51. The third-order valence-corrected chi connectivity index (χ3v) is 1.74. The molecule has 16 heavy (non-hydrogen) atoms. The van der Waals surface area contributed by atoms with Crippen LogP contribution in [0, 0.1) is 12.3 Å². The molecule has 1 aromatic carbocycles. The highest BCUT2D eigenvalue weighted by atomic mass is 16.2. The number of nitrogens with one attached hydrogen (secondary N) is 2. The first-order valence-electron chi connectivity index (χ1n) is 4.51. The largest absolute Gasteiger partial charge is 0.376 e. The van der Waals surface area contributed by atoms with Crippen molar-refractivity contribution in [1.82, 2.24) is 5.32 Å². The second kappa shape index (κ2) is 5.41. The minimum atomic E-state index is -0.871. The van der Waals surface area contributed by atoms with Crippen molar-refractivity contribution in [3.8, 4) is 12.3 Å². The molecule has 3 amide bonds. The van der Waals surface area contributed by atoms with Crippen LogP contribution in [0.4, 0.5) is 10.5 Å². The Balaban J connectivity index is 2.52. The summed E-state index contributed by atoms with van der Waals surface area (Å²) < 4.78 is 0. The summed E-state index contributed by atoms with van der Waals surface area (Å²) in [7, 11) is 0. The van der Waals surface area contributed by atoms with Crippen LogP contribution in [0.5, 0.6) is 0 Å². The van der Waals surface area contributed by atoms with E-state index in [1.165, 1.54) is 0 Å². The summed E-state index contributed by atoms with van der Waals surface area (Å²) in [5.41, 5.74) is 6.20. The van der Waals surface area contributed by atoms with Gasteiger partial charge in [0.2, 0.25) is 5.91 Å². The highest BCUT2D eigenvalue weighted by Gasteiger charge is 2.03. The van der Waals surface area contributed by atoms with Crippen LogP contribution < -0.4 is 16.4 Å². The van der Waals surface area contributed by atoms with E-state index in [0.29, 0.717) is 11.3 Å². The molecule has 0 aromatic heterocycles. The number of terminal acetylenes is 1. The topological polar surface area (TPSA) is 84.2 Å². The molecule has 0 fully saturated rings. The maximum absolute atomic E-state index is 11.1. The average molecular weight is 217 g/mol. The predicted molar refractivity (Wildman–Crippen MR) is 60.6 cm³/mol. The van der Waals surface area contributed by atoms with Gasteiger partial charge in [-0.05, 0) is 18.2 Å². The lowest BCUT2D eigenvalue weighted by Gasteiger charge is -2.05. The van der Waals surface area contributed by atoms with Crippen LogP contribution in [0.3, 0.4) is 0 Å². The molecule has 82 valence electrons. The van der Waals surface area contributed by atoms with Crippen molar-refractivity contribution >= 4 is 17.6 Å². The number of hydrogen-bond donors (Lipinski definition) is 3. The molecule has 0 spiro atoms.